The third-order valence-corrected chi connectivity index (χ3v) is 4.60. The lowest BCUT2D eigenvalue weighted by Gasteiger charge is -2.24. The van der Waals surface area contributed by atoms with Crippen LogP contribution in [0.5, 0.6) is 5.75 Å². The molecule has 2 fully saturated rings. The highest BCUT2D eigenvalue weighted by molar-refractivity contribution is 6.48. The van der Waals surface area contributed by atoms with Crippen LogP contribution in [-0.2, 0) is 14.3 Å². The van der Waals surface area contributed by atoms with Crippen molar-refractivity contribution < 1.29 is 33.4 Å². The molecule has 122 valence electrons. The molecule has 2 saturated carbocycles. The summed E-state index contributed by atoms with van der Waals surface area (Å²) in [5.74, 6) is -0.887. The van der Waals surface area contributed by atoms with Crippen LogP contribution in [0, 0.1) is 11.7 Å². The number of aliphatic hydroxyl groups excluding tert-OH is 1. The van der Waals surface area contributed by atoms with Gasteiger partial charge in [0.1, 0.15) is 11.6 Å². The maximum atomic E-state index is 14.1. The smallest absolute Gasteiger partial charge is 0.526 e. The molecular formula is C15H16BFO6. The maximum Gasteiger partial charge on any atom is 0.526 e. The summed E-state index contributed by atoms with van der Waals surface area (Å²) in [7, 11) is -1.01. The van der Waals surface area contributed by atoms with E-state index in [0.717, 1.165) is 24.8 Å². The van der Waals surface area contributed by atoms with E-state index in [0.29, 0.717) is 0 Å². The molecule has 1 aliphatic heterocycles. The molecule has 8 heteroatoms. The van der Waals surface area contributed by atoms with Gasteiger partial charge in [0.25, 0.3) is 0 Å². The van der Waals surface area contributed by atoms with Gasteiger partial charge in [-0.3, -0.25) is 4.79 Å². The normalized spacial score (nSPS) is 26.0. The van der Waals surface area contributed by atoms with Gasteiger partial charge in [-0.15, -0.1) is 0 Å². The molecule has 1 unspecified atom stereocenters. The molecule has 0 spiro atoms. The Bertz CT molecular complexity index is 649. The minimum atomic E-state index is -1.64. The number of esters is 1. The van der Waals surface area contributed by atoms with E-state index in [9.17, 15) is 19.3 Å². The zero-order chi connectivity index (χ0) is 16.1. The minimum absolute atomic E-state index is 0.0263. The first-order chi connectivity index (χ1) is 11.1. The number of hydrogen-bond acceptors (Lipinski definition) is 6. The van der Waals surface area contributed by atoms with Gasteiger partial charge in [0.15, 0.2) is 13.1 Å². The van der Waals surface area contributed by atoms with Crippen LogP contribution in [0.2, 0.25) is 5.82 Å². The number of carbonyl (C=O) groups is 1. The number of rotatable bonds is 5. The maximum absolute atomic E-state index is 14.1. The molecule has 4 rings (SSSR count). The lowest BCUT2D eigenvalue weighted by atomic mass is 9.77. The molecule has 0 amide bonds. The van der Waals surface area contributed by atoms with Gasteiger partial charge >= 0.3 is 13.1 Å². The summed E-state index contributed by atoms with van der Waals surface area (Å²) in [6.07, 6.45) is 0.738. The van der Waals surface area contributed by atoms with E-state index in [4.69, 9.17) is 14.1 Å². The van der Waals surface area contributed by atoms with Gasteiger partial charge in [0.05, 0.1) is 11.5 Å². The van der Waals surface area contributed by atoms with Gasteiger partial charge < -0.3 is 24.3 Å². The third-order valence-electron chi connectivity index (χ3n) is 4.60. The highest BCUT2D eigenvalue weighted by Crippen LogP contribution is 2.60. The molecule has 6 nitrogen and oxygen atoms in total. The Morgan fingerprint density at radius 3 is 3.00 bits per heavy atom. The van der Waals surface area contributed by atoms with Crippen LogP contribution in [-0.4, -0.2) is 30.0 Å². The first-order valence-electron chi connectivity index (χ1n) is 7.69. The van der Waals surface area contributed by atoms with Crippen LogP contribution >= 0.6 is 0 Å². The van der Waals surface area contributed by atoms with Crippen LogP contribution in [0.3, 0.4) is 0 Å². The average Bonchev–Trinajstić information content (AvgIpc) is 3.37. The fraction of sp³-hybridized carbons (Fsp3) is 0.533. The number of hydrogen-bond donors (Lipinski definition) is 2. The Labute approximate surface area is 132 Å². The second-order valence-corrected chi connectivity index (χ2v) is 6.27. The molecule has 2 N–H and O–H groups in total. The van der Waals surface area contributed by atoms with Crippen LogP contribution in [0.4, 0.5) is 4.39 Å². The first kappa shape index (κ1) is 14.9. The van der Waals surface area contributed by atoms with Gasteiger partial charge in [-0.2, -0.15) is 0 Å². The quantitative estimate of drug-likeness (QED) is 0.485. The van der Waals surface area contributed by atoms with E-state index >= 15 is 0 Å². The molecule has 1 aromatic rings. The Morgan fingerprint density at radius 1 is 1.48 bits per heavy atom. The molecule has 0 aromatic heterocycles. The number of ether oxygens (including phenoxy) is 2. The number of carbonyl (C=O) groups excluding carboxylic acids is 1. The molecular weight excluding hydrogens is 306 g/mol. The van der Waals surface area contributed by atoms with Crippen molar-refractivity contribution in [3.05, 3.63) is 29.1 Å². The number of aliphatic hydroxyl groups is 1. The second kappa shape index (κ2) is 5.47. The van der Waals surface area contributed by atoms with Crippen molar-refractivity contribution in [3.63, 3.8) is 0 Å². The Balaban J connectivity index is 1.49. The molecule has 2 aliphatic carbocycles. The number of halogens is 1. The van der Waals surface area contributed by atoms with Crippen molar-refractivity contribution in [3.8, 4) is 5.75 Å². The van der Waals surface area contributed by atoms with E-state index in [2.05, 4.69) is 0 Å². The molecule has 3 aliphatic rings. The van der Waals surface area contributed by atoms with E-state index in [1.807, 2.05) is 0 Å². The van der Waals surface area contributed by atoms with Crippen LogP contribution in [0.15, 0.2) is 12.1 Å². The summed E-state index contributed by atoms with van der Waals surface area (Å²) in [5.41, 5.74) is 0.587. The molecule has 0 saturated heterocycles. The topological polar surface area (TPSA) is 85.2 Å². The summed E-state index contributed by atoms with van der Waals surface area (Å²) in [5, 5.41) is 19.9. The molecule has 0 bridgehead atoms. The number of fused-ring (bicyclic) bond motifs is 3. The Morgan fingerprint density at radius 2 is 2.26 bits per heavy atom. The minimum Gasteiger partial charge on any atom is -0.535 e. The first-order valence-corrected chi connectivity index (χ1v) is 7.69. The fourth-order valence-electron chi connectivity index (χ4n) is 3.02. The van der Waals surface area contributed by atoms with Gasteiger partial charge in [-0.05, 0) is 36.8 Å². The summed E-state index contributed by atoms with van der Waals surface area (Å²) in [4.78, 5) is 11.4. The zero-order valence-electron chi connectivity index (χ0n) is 12.3. The van der Waals surface area contributed by atoms with E-state index in [1.54, 1.807) is 6.07 Å². The zero-order valence-corrected chi connectivity index (χ0v) is 12.3. The van der Waals surface area contributed by atoms with Crippen molar-refractivity contribution in [1.29, 1.82) is 0 Å². The monoisotopic (exact) mass is 322 g/mol. The lowest BCUT2D eigenvalue weighted by molar-refractivity contribution is -0.188. The molecule has 0 radical (unpaired) electrons. The van der Waals surface area contributed by atoms with Crippen LogP contribution in [0.25, 0.3) is 0 Å². The van der Waals surface area contributed by atoms with Gasteiger partial charge in [0.2, 0.25) is 0 Å². The number of benzene rings is 1. The van der Waals surface area contributed by atoms with Gasteiger partial charge in [-0.1, -0.05) is 6.07 Å². The van der Waals surface area contributed by atoms with Crippen LogP contribution < -0.4 is 4.65 Å². The lowest BCUT2D eigenvalue weighted by Crippen LogP contribution is -2.28. The van der Waals surface area contributed by atoms with Gasteiger partial charge in [-0.25, -0.2) is 4.39 Å². The summed E-state index contributed by atoms with van der Waals surface area (Å²) < 4.78 is 29.3. The SMILES string of the molecule is O=C(OCOC(O)c1c(F)ccc2c1OB(O)[C@@H]1C[C@H]21)C1CC1. The van der Waals surface area contributed by atoms with Crippen molar-refractivity contribution in [2.75, 3.05) is 6.79 Å². The average molecular weight is 322 g/mol. The fourth-order valence-corrected chi connectivity index (χ4v) is 3.02. The Kier molecular flexibility index (Phi) is 3.55. The molecule has 1 aromatic carbocycles. The molecule has 1 heterocycles. The van der Waals surface area contributed by atoms with Crippen LogP contribution in [0.1, 0.15) is 42.6 Å². The molecule has 23 heavy (non-hydrogen) atoms. The van der Waals surface area contributed by atoms with Gasteiger partial charge in [0, 0.05) is 5.82 Å². The van der Waals surface area contributed by atoms with Crippen molar-refractivity contribution in [1.82, 2.24) is 0 Å². The predicted molar refractivity (Wildman–Crippen MR) is 75.8 cm³/mol. The van der Waals surface area contributed by atoms with E-state index in [-0.39, 0.29) is 34.9 Å². The third kappa shape index (κ3) is 2.71. The Hall–Kier alpha value is -1.64. The van der Waals surface area contributed by atoms with E-state index in [1.165, 1.54) is 6.07 Å². The predicted octanol–water partition coefficient (Wildman–Crippen LogP) is 1.47. The highest BCUT2D eigenvalue weighted by Gasteiger charge is 2.54. The van der Waals surface area contributed by atoms with Crippen molar-refractivity contribution in [2.45, 2.75) is 37.3 Å². The molecule has 3 atom stereocenters. The summed E-state index contributed by atoms with van der Waals surface area (Å²) in [6.45, 7) is -0.464. The van der Waals surface area contributed by atoms with Crippen molar-refractivity contribution in [2.24, 2.45) is 5.92 Å². The summed E-state index contributed by atoms with van der Waals surface area (Å²) in [6, 6.07) is 2.85. The second-order valence-electron chi connectivity index (χ2n) is 6.27. The summed E-state index contributed by atoms with van der Waals surface area (Å²) >= 11 is 0. The van der Waals surface area contributed by atoms with E-state index < -0.39 is 26.0 Å². The van der Waals surface area contributed by atoms with Crippen molar-refractivity contribution >= 4 is 13.1 Å². The highest BCUT2D eigenvalue weighted by atomic mass is 19.1. The standard InChI is InChI=1S/C15H16BFO6/c17-11-4-3-8-9-5-10(9)16(20)23-13(8)12(11)15(19)22-6-21-14(18)7-1-2-7/h3-4,7,9-10,15,19-20H,1-2,5-6H2/t9-,10-,15?/m1/s1. The largest absolute Gasteiger partial charge is 0.535 e.